The molecular weight excluding hydrogens is 422 g/mol. The molecule has 1 aliphatic heterocycles. The highest BCUT2D eigenvalue weighted by Crippen LogP contribution is 2.51. The number of aromatic nitrogens is 1. The van der Waals surface area contributed by atoms with Crippen LogP contribution in [0.4, 0.5) is 22.7 Å². The number of hydrogen-bond acceptors (Lipinski definition) is 4. The van der Waals surface area contributed by atoms with Crippen LogP contribution in [0.1, 0.15) is 0 Å². The maximum Gasteiger partial charge on any atom is 0.280 e. The molecule has 0 aliphatic carbocycles. The first kappa shape index (κ1) is 19.9. The fraction of sp³-hybridized carbons (Fsp3) is 0. The largest absolute Gasteiger partial charge is 0.309 e. The van der Waals surface area contributed by atoms with Gasteiger partial charge in [0.1, 0.15) is 0 Å². The first-order valence-corrected chi connectivity index (χ1v) is 11.0. The Morgan fingerprint density at radius 1 is 0.647 bits per heavy atom. The highest BCUT2D eigenvalue weighted by molar-refractivity contribution is 6.03. The van der Waals surface area contributed by atoms with Crippen LogP contribution < -0.4 is 4.90 Å². The topological polar surface area (TPSA) is 59.3 Å². The number of fused-ring (bicyclic) bond motifs is 5. The SMILES string of the molecule is O=[N+]([O-])c1ccncc1-c1ccc2c(c1)N(c1ccccc1)c1ccccc1-c1ccccc1-2. The Balaban J connectivity index is 1.70. The summed E-state index contributed by atoms with van der Waals surface area (Å²) in [6.45, 7) is 0. The van der Waals surface area contributed by atoms with Crippen molar-refractivity contribution in [1.82, 2.24) is 4.98 Å². The van der Waals surface area contributed by atoms with E-state index < -0.39 is 0 Å². The third-order valence-corrected chi connectivity index (χ3v) is 6.21. The minimum absolute atomic E-state index is 0.0376. The highest BCUT2D eigenvalue weighted by Gasteiger charge is 2.27. The molecule has 5 nitrogen and oxygen atoms in total. The molecule has 0 N–H and O–H groups in total. The second-order valence-corrected chi connectivity index (χ2v) is 8.12. The number of para-hydroxylation sites is 2. The van der Waals surface area contributed by atoms with E-state index in [-0.39, 0.29) is 10.6 Å². The van der Waals surface area contributed by atoms with Crippen molar-refractivity contribution in [2.24, 2.45) is 0 Å². The van der Waals surface area contributed by atoms with Crippen molar-refractivity contribution in [3.63, 3.8) is 0 Å². The van der Waals surface area contributed by atoms with Gasteiger partial charge in [0.15, 0.2) is 0 Å². The molecule has 0 saturated carbocycles. The van der Waals surface area contributed by atoms with Crippen LogP contribution in [0.5, 0.6) is 0 Å². The quantitative estimate of drug-likeness (QED) is 0.208. The van der Waals surface area contributed by atoms with Gasteiger partial charge in [-0.3, -0.25) is 15.1 Å². The number of rotatable bonds is 3. The van der Waals surface area contributed by atoms with Crippen LogP contribution in [0.25, 0.3) is 33.4 Å². The van der Waals surface area contributed by atoms with E-state index in [1.165, 1.54) is 12.3 Å². The molecular formula is C29H19N3O2. The standard InChI is InChI=1S/C29H19N3O2/c33-32(34)28-16-17-30-19-26(28)20-14-15-25-23-11-5-4-10-22(23)24-12-6-7-13-27(24)31(29(25)18-20)21-8-2-1-3-9-21/h1-19H. The van der Waals surface area contributed by atoms with E-state index in [4.69, 9.17) is 0 Å². The number of hydrogen-bond donors (Lipinski definition) is 0. The maximum absolute atomic E-state index is 11.7. The van der Waals surface area contributed by atoms with Crippen molar-refractivity contribution >= 4 is 22.7 Å². The van der Waals surface area contributed by atoms with E-state index in [0.29, 0.717) is 5.56 Å². The lowest BCUT2D eigenvalue weighted by atomic mass is 9.93. The molecule has 34 heavy (non-hydrogen) atoms. The van der Waals surface area contributed by atoms with E-state index in [9.17, 15) is 10.1 Å². The average Bonchev–Trinajstić information content (AvgIpc) is 3.01. The second kappa shape index (κ2) is 7.98. The molecule has 0 bridgehead atoms. The number of anilines is 3. The van der Waals surface area contributed by atoms with Crippen molar-refractivity contribution in [3.05, 3.63) is 126 Å². The molecule has 0 unspecified atom stereocenters. The van der Waals surface area contributed by atoms with Gasteiger partial charge in [-0.1, -0.05) is 72.8 Å². The predicted molar refractivity (Wildman–Crippen MR) is 135 cm³/mol. The Morgan fingerprint density at radius 2 is 1.29 bits per heavy atom. The van der Waals surface area contributed by atoms with Crippen LogP contribution in [-0.4, -0.2) is 9.91 Å². The fourth-order valence-electron chi connectivity index (χ4n) is 4.71. The van der Waals surface area contributed by atoms with Crippen molar-refractivity contribution in [1.29, 1.82) is 0 Å². The average molecular weight is 441 g/mol. The molecule has 0 radical (unpaired) electrons. The predicted octanol–water partition coefficient (Wildman–Crippen LogP) is 7.77. The molecule has 1 aliphatic rings. The summed E-state index contributed by atoms with van der Waals surface area (Å²) in [4.78, 5) is 17.8. The lowest BCUT2D eigenvalue weighted by Crippen LogP contribution is -2.11. The van der Waals surface area contributed by atoms with E-state index in [1.54, 1.807) is 6.20 Å². The first-order valence-electron chi connectivity index (χ1n) is 11.0. The van der Waals surface area contributed by atoms with Crippen LogP contribution >= 0.6 is 0 Å². The molecule has 5 aromatic rings. The summed E-state index contributed by atoms with van der Waals surface area (Å²) in [5.74, 6) is 0. The van der Waals surface area contributed by atoms with E-state index in [0.717, 1.165) is 44.9 Å². The monoisotopic (exact) mass is 441 g/mol. The Bertz CT molecular complexity index is 1550. The molecule has 1 aromatic heterocycles. The van der Waals surface area contributed by atoms with Crippen LogP contribution in [0.15, 0.2) is 116 Å². The molecule has 162 valence electrons. The lowest BCUT2D eigenvalue weighted by Gasteiger charge is -2.27. The summed E-state index contributed by atoms with van der Waals surface area (Å²) >= 11 is 0. The molecule has 0 saturated heterocycles. The van der Waals surface area contributed by atoms with Crippen molar-refractivity contribution < 1.29 is 4.92 Å². The second-order valence-electron chi connectivity index (χ2n) is 8.12. The summed E-state index contributed by atoms with van der Waals surface area (Å²) in [7, 11) is 0. The Hall–Kier alpha value is -4.77. The van der Waals surface area contributed by atoms with Crippen LogP contribution in [0.3, 0.4) is 0 Å². The molecule has 0 atom stereocenters. The van der Waals surface area contributed by atoms with Gasteiger partial charge in [-0.25, -0.2) is 0 Å². The molecule has 0 amide bonds. The summed E-state index contributed by atoms with van der Waals surface area (Å²) in [6, 6.07) is 34.4. The summed E-state index contributed by atoms with van der Waals surface area (Å²) in [5.41, 5.74) is 8.77. The van der Waals surface area contributed by atoms with E-state index in [2.05, 4.69) is 64.5 Å². The van der Waals surface area contributed by atoms with Gasteiger partial charge in [-0.05, 0) is 41.0 Å². The normalized spacial score (nSPS) is 11.7. The van der Waals surface area contributed by atoms with Gasteiger partial charge < -0.3 is 4.90 Å². The summed E-state index contributed by atoms with van der Waals surface area (Å²) in [6.07, 6.45) is 3.01. The molecule has 4 aromatic carbocycles. The van der Waals surface area contributed by atoms with Gasteiger partial charge in [0.25, 0.3) is 5.69 Å². The number of nitrogens with zero attached hydrogens (tertiary/aromatic N) is 3. The number of benzene rings is 4. The fourth-order valence-corrected chi connectivity index (χ4v) is 4.71. The zero-order valence-electron chi connectivity index (χ0n) is 18.1. The lowest BCUT2D eigenvalue weighted by molar-refractivity contribution is -0.384. The Morgan fingerprint density at radius 3 is 2.03 bits per heavy atom. The van der Waals surface area contributed by atoms with E-state index >= 15 is 0 Å². The van der Waals surface area contributed by atoms with Gasteiger partial charge in [-0.15, -0.1) is 0 Å². The first-order chi connectivity index (χ1) is 16.7. The molecule has 5 heteroatoms. The van der Waals surface area contributed by atoms with Gasteiger partial charge in [0, 0.05) is 35.3 Å². The highest BCUT2D eigenvalue weighted by atomic mass is 16.6. The van der Waals surface area contributed by atoms with Crippen LogP contribution in [0, 0.1) is 10.1 Å². The van der Waals surface area contributed by atoms with Crippen molar-refractivity contribution in [2.75, 3.05) is 4.90 Å². The zero-order valence-corrected chi connectivity index (χ0v) is 18.1. The number of nitro groups is 1. The molecule has 6 rings (SSSR count). The Kier molecular flexibility index (Phi) is 4.66. The van der Waals surface area contributed by atoms with Gasteiger partial charge in [0.05, 0.1) is 21.9 Å². The van der Waals surface area contributed by atoms with Crippen LogP contribution in [-0.2, 0) is 0 Å². The zero-order chi connectivity index (χ0) is 23.1. The van der Waals surface area contributed by atoms with Crippen molar-refractivity contribution in [2.45, 2.75) is 0 Å². The summed E-state index contributed by atoms with van der Waals surface area (Å²) in [5, 5.41) is 11.7. The Labute approximate surface area is 196 Å². The number of pyridine rings is 1. The van der Waals surface area contributed by atoms with Gasteiger partial charge >= 0.3 is 0 Å². The van der Waals surface area contributed by atoms with E-state index in [1.807, 2.05) is 42.5 Å². The third-order valence-electron chi connectivity index (χ3n) is 6.21. The molecule has 0 fully saturated rings. The minimum atomic E-state index is -0.359. The smallest absolute Gasteiger partial charge is 0.280 e. The minimum Gasteiger partial charge on any atom is -0.309 e. The third kappa shape index (κ3) is 3.14. The van der Waals surface area contributed by atoms with Gasteiger partial charge in [0.2, 0.25) is 0 Å². The van der Waals surface area contributed by atoms with Crippen LogP contribution in [0.2, 0.25) is 0 Å². The molecule has 0 spiro atoms. The van der Waals surface area contributed by atoms with Gasteiger partial charge in [-0.2, -0.15) is 0 Å². The summed E-state index contributed by atoms with van der Waals surface area (Å²) < 4.78 is 0. The maximum atomic E-state index is 11.7. The molecule has 2 heterocycles. The van der Waals surface area contributed by atoms with Crippen molar-refractivity contribution in [3.8, 4) is 33.4 Å².